The van der Waals surface area contributed by atoms with Crippen LogP contribution in [0, 0.1) is 0 Å². The number of sulfone groups is 1. The number of para-hydroxylation sites is 1. The molecule has 0 heterocycles. The van der Waals surface area contributed by atoms with Crippen molar-refractivity contribution in [2.45, 2.75) is 13.5 Å². The van der Waals surface area contributed by atoms with Crippen LogP contribution in [0.15, 0.2) is 24.3 Å². The lowest BCUT2D eigenvalue weighted by molar-refractivity contribution is 0.465. The van der Waals surface area contributed by atoms with E-state index in [1.807, 2.05) is 6.07 Å². The molecule has 0 spiro atoms. The third-order valence-electron chi connectivity index (χ3n) is 2.34. The van der Waals surface area contributed by atoms with Gasteiger partial charge in [-0.05, 0) is 6.07 Å². The molecule has 0 unspecified atom stereocenters. The van der Waals surface area contributed by atoms with Crippen LogP contribution in [0.1, 0.15) is 12.5 Å². The van der Waals surface area contributed by atoms with Crippen molar-refractivity contribution >= 4 is 9.84 Å². The van der Waals surface area contributed by atoms with Gasteiger partial charge in [0.15, 0.2) is 9.84 Å². The Hall–Kier alpha value is -1.07. The Morgan fingerprint density at radius 2 is 2.00 bits per heavy atom. The van der Waals surface area contributed by atoms with E-state index in [4.69, 9.17) is 0 Å². The quantitative estimate of drug-likeness (QED) is 0.729. The third-order valence-corrected chi connectivity index (χ3v) is 4.04. The fraction of sp³-hybridized carbons (Fsp3) is 0.455. The van der Waals surface area contributed by atoms with E-state index in [1.165, 1.54) is 0 Å². The van der Waals surface area contributed by atoms with Gasteiger partial charge in [0.1, 0.15) is 5.75 Å². The zero-order valence-electron chi connectivity index (χ0n) is 9.31. The van der Waals surface area contributed by atoms with Crippen molar-refractivity contribution in [2.24, 2.45) is 0 Å². The average Bonchev–Trinajstić information content (AvgIpc) is 2.27. The zero-order valence-corrected chi connectivity index (χ0v) is 10.1. The maximum absolute atomic E-state index is 11.2. The van der Waals surface area contributed by atoms with Crippen molar-refractivity contribution in [3.63, 3.8) is 0 Å². The molecule has 16 heavy (non-hydrogen) atoms. The molecule has 4 nitrogen and oxygen atoms in total. The Morgan fingerprint density at radius 3 is 2.62 bits per heavy atom. The van der Waals surface area contributed by atoms with Crippen molar-refractivity contribution in [3.05, 3.63) is 29.8 Å². The summed E-state index contributed by atoms with van der Waals surface area (Å²) in [7, 11) is -2.91. The Kier molecular flexibility index (Phi) is 4.76. The summed E-state index contributed by atoms with van der Waals surface area (Å²) in [6.45, 7) is 2.52. The van der Waals surface area contributed by atoms with Crippen LogP contribution in [-0.4, -0.2) is 31.6 Å². The summed E-state index contributed by atoms with van der Waals surface area (Å²) in [6.07, 6.45) is 0. The first kappa shape index (κ1) is 13.0. The molecule has 0 aliphatic heterocycles. The molecule has 0 aliphatic carbocycles. The lowest BCUT2D eigenvalue weighted by atomic mass is 10.2. The van der Waals surface area contributed by atoms with E-state index < -0.39 is 9.84 Å². The predicted molar refractivity (Wildman–Crippen MR) is 64.1 cm³/mol. The molecule has 5 heteroatoms. The molecular formula is C11H17NO3S. The minimum absolute atomic E-state index is 0.136. The summed E-state index contributed by atoms with van der Waals surface area (Å²) in [6, 6.07) is 7.00. The fourth-order valence-corrected chi connectivity index (χ4v) is 2.00. The summed E-state index contributed by atoms with van der Waals surface area (Å²) in [5, 5.41) is 12.5. The smallest absolute Gasteiger partial charge is 0.151 e. The second-order valence-electron chi connectivity index (χ2n) is 3.54. The van der Waals surface area contributed by atoms with Crippen LogP contribution in [0.3, 0.4) is 0 Å². The number of nitrogens with one attached hydrogen (secondary N) is 1. The number of phenols is 1. The number of rotatable bonds is 6. The highest BCUT2D eigenvalue weighted by atomic mass is 32.2. The molecule has 0 fully saturated rings. The van der Waals surface area contributed by atoms with Gasteiger partial charge in [-0.3, -0.25) is 0 Å². The first-order valence-electron chi connectivity index (χ1n) is 5.23. The summed E-state index contributed by atoms with van der Waals surface area (Å²) >= 11 is 0. The second-order valence-corrected chi connectivity index (χ2v) is 6.01. The molecule has 0 radical (unpaired) electrons. The van der Waals surface area contributed by atoms with Crippen LogP contribution in [0.25, 0.3) is 0 Å². The van der Waals surface area contributed by atoms with E-state index in [9.17, 15) is 13.5 Å². The molecule has 1 rings (SSSR count). The van der Waals surface area contributed by atoms with Crippen LogP contribution >= 0.6 is 0 Å². The van der Waals surface area contributed by atoms with Crippen molar-refractivity contribution in [1.29, 1.82) is 0 Å². The topological polar surface area (TPSA) is 66.4 Å². The molecule has 90 valence electrons. The molecule has 0 amide bonds. The minimum atomic E-state index is -2.91. The van der Waals surface area contributed by atoms with Crippen LogP contribution in [0.4, 0.5) is 0 Å². The van der Waals surface area contributed by atoms with E-state index in [0.29, 0.717) is 13.1 Å². The van der Waals surface area contributed by atoms with Gasteiger partial charge in [-0.15, -0.1) is 0 Å². The molecule has 0 aromatic heterocycles. The lowest BCUT2D eigenvalue weighted by Gasteiger charge is -2.06. The summed E-state index contributed by atoms with van der Waals surface area (Å²) < 4.78 is 22.4. The summed E-state index contributed by atoms with van der Waals surface area (Å²) in [5.41, 5.74) is 0.774. The van der Waals surface area contributed by atoms with E-state index in [0.717, 1.165) is 5.56 Å². The molecule has 0 atom stereocenters. The Morgan fingerprint density at radius 1 is 1.31 bits per heavy atom. The van der Waals surface area contributed by atoms with Crippen molar-refractivity contribution in [1.82, 2.24) is 5.32 Å². The van der Waals surface area contributed by atoms with Crippen LogP contribution in [-0.2, 0) is 16.4 Å². The highest BCUT2D eigenvalue weighted by molar-refractivity contribution is 7.91. The van der Waals surface area contributed by atoms with E-state index in [1.54, 1.807) is 25.1 Å². The molecule has 1 aromatic carbocycles. The number of hydrogen-bond acceptors (Lipinski definition) is 4. The Labute approximate surface area is 96.2 Å². The predicted octanol–water partition coefficient (Wildman–Crippen LogP) is 0.916. The molecule has 0 saturated heterocycles. The number of hydrogen-bond donors (Lipinski definition) is 2. The molecular weight excluding hydrogens is 226 g/mol. The van der Waals surface area contributed by atoms with Gasteiger partial charge in [0.25, 0.3) is 0 Å². The van der Waals surface area contributed by atoms with Gasteiger partial charge in [0.2, 0.25) is 0 Å². The molecule has 0 saturated carbocycles. The molecule has 0 bridgehead atoms. The van der Waals surface area contributed by atoms with Gasteiger partial charge < -0.3 is 10.4 Å². The number of phenolic OH excluding ortho intramolecular Hbond substituents is 1. The SMILES string of the molecule is CCS(=O)(=O)CCNCc1ccccc1O. The number of benzene rings is 1. The van der Waals surface area contributed by atoms with E-state index in [2.05, 4.69) is 5.32 Å². The van der Waals surface area contributed by atoms with Crippen molar-refractivity contribution in [2.75, 3.05) is 18.1 Å². The average molecular weight is 243 g/mol. The van der Waals surface area contributed by atoms with Crippen LogP contribution < -0.4 is 5.32 Å². The summed E-state index contributed by atoms with van der Waals surface area (Å²) in [4.78, 5) is 0. The lowest BCUT2D eigenvalue weighted by Crippen LogP contribution is -2.23. The minimum Gasteiger partial charge on any atom is -0.508 e. The molecule has 2 N–H and O–H groups in total. The van der Waals surface area contributed by atoms with Crippen LogP contribution in [0.2, 0.25) is 0 Å². The fourth-order valence-electron chi connectivity index (χ4n) is 1.26. The van der Waals surface area contributed by atoms with E-state index in [-0.39, 0.29) is 17.3 Å². The Bertz CT molecular complexity index is 429. The van der Waals surface area contributed by atoms with Gasteiger partial charge in [-0.25, -0.2) is 8.42 Å². The van der Waals surface area contributed by atoms with E-state index >= 15 is 0 Å². The van der Waals surface area contributed by atoms with Gasteiger partial charge >= 0.3 is 0 Å². The van der Waals surface area contributed by atoms with Crippen molar-refractivity contribution in [3.8, 4) is 5.75 Å². The largest absolute Gasteiger partial charge is 0.508 e. The maximum Gasteiger partial charge on any atom is 0.151 e. The van der Waals surface area contributed by atoms with Gasteiger partial charge in [-0.2, -0.15) is 0 Å². The van der Waals surface area contributed by atoms with Crippen molar-refractivity contribution < 1.29 is 13.5 Å². The standard InChI is InChI=1S/C11H17NO3S/c1-2-16(14,15)8-7-12-9-10-5-3-4-6-11(10)13/h3-6,12-13H,2,7-9H2,1H3. The van der Waals surface area contributed by atoms with Crippen LogP contribution in [0.5, 0.6) is 5.75 Å². The van der Waals surface area contributed by atoms with Gasteiger partial charge in [-0.1, -0.05) is 25.1 Å². The third kappa shape index (κ3) is 4.20. The maximum atomic E-state index is 11.2. The molecule has 1 aromatic rings. The first-order chi connectivity index (χ1) is 7.55. The summed E-state index contributed by atoms with van der Waals surface area (Å²) in [5.74, 6) is 0.538. The number of aromatic hydroxyl groups is 1. The first-order valence-corrected chi connectivity index (χ1v) is 7.05. The highest BCUT2D eigenvalue weighted by Gasteiger charge is 2.06. The zero-order chi connectivity index (χ0) is 12.0. The highest BCUT2D eigenvalue weighted by Crippen LogP contribution is 2.14. The van der Waals surface area contributed by atoms with Gasteiger partial charge in [0.05, 0.1) is 5.75 Å². The normalized spacial score (nSPS) is 11.6. The second kappa shape index (κ2) is 5.86. The monoisotopic (exact) mass is 243 g/mol. The molecule has 0 aliphatic rings. The van der Waals surface area contributed by atoms with Gasteiger partial charge in [0, 0.05) is 24.4 Å². The Balaban J connectivity index is 2.35.